The summed E-state index contributed by atoms with van der Waals surface area (Å²) in [4.78, 5) is 60.4. The predicted molar refractivity (Wildman–Crippen MR) is 213 cm³/mol. The van der Waals surface area contributed by atoms with E-state index in [1.165, 1.54) is 98.8 Å². The van der Waals surface area contributed by atoms with E-state index in [1.54, 1.807) is 0 Å². The van der Waals surface area contributed by atoms with E-state index >= 15 is 0 Å². The van der Waals surface area contributed by atoms with Gasteiger partial charge in [0.15, 0.2) is 0 Å². The summed E-state index contributed by atoms with van der Waals surface area (Å²) in [5.74, 6) is -2.40. The molecule has 0 bridgehead atoms. The van der Waals surface area contributed by atoms with Crippen molar-refractivity contribution in [1.29, 1.82) is 0 Å². The second-order valence-corrected chi connectivity index (χ2v) is 15.1. The smallest absolute Gasteiger partial charge is 0.744 e. The number of hydrazone groups is 2. The van der Waals surface area contributed by atoms with Crippen molar-refractivity contribution in [2.24, 2.45) is 10.2 Å². The minimum atomic E-state index is -5.24. The molecule has 4 aromatic carbocycles. The van der Waals surface area contributed by atoms with Gasteiger partial charge in [0.25, 0.3) is 0 Å². The molecule has 0 saturated heterocycles. The van der Waals surface area contributed by atoms with Crippen molar-refractivity contribution in [2.45, 2.75) is 13.8 Å². The summed E-state index contributed by atoms with van der Waals surface area (Å²) in [5.41, 5.74) is 5.27. The van der Waals surface area contributed by atoms with Gasteiger partial charge in [-0.2, -0.15) is 10.2 Å². The number of rotatable bonds is 10. The quantitative estimate of drug-likeness (QED) is 0.0593. The first kappa shape index (κ1) is 47.3. The van der Waals surface area contributed by atoms with Gasteiger partial charge in [0, 0.05) is 47.7 Å². The van der Waals surface area contributed by atoms with Gasteiger partial charge in [0.1, 0.15) is 31.7 Å². The number of carbonyl (C=O) groups is 5. The third-order valence-electron chi connectivity index (χ3n) is 8.12. The number of Topliss-reactive ketones (excluding diaryl/α,β-unsaturated/α-hetero) is 2. The van der Waals surface area contributed by atoms with Crippen LogP contribution in [0.25, 0.3) is 12.2 Å². The normalized spacial score (nSPS) is 14.5. The Kier molecular flexibility index (Phi) is 15.3. The number of anilines is 6. The zero-order valence-electron chi connectivity index (χ0n) is 31.9. The first-order valence-corrected chi connectivity index (χ1v) is 19.4. The first-order chi connectivity index (χ1) is 27.3. The fourth-order valence-electron chi connectivity index (χ4n) is 5.62. The molecule has 0 atom stereocenters. The molecule has 0 fully saturated rings. The number of nitrogens with zero attached hydrogens (tertiary/aromatic N) is 2. The van der Waals surface area contributed by atoms with Gasteiger partial charge in [0.2, 0.25) is 23.4 Å². The van der Waals surface area contributed by atoms with Gasteiger partial charge < -0.3 is 30.4 Å². The van der Waals surface area contributed by atoms with Crippen molar-refractivity contribution in [3.63, 3.8) is 0 Å². The van der Waals surface area contributed by atoms with Crippen molar-refractivity contribution < 1.29 is 109 Å². The van der Waals surface area contributed by atoms with Crippen LogP contribution in [0.2, 0.25) is 0 Å². The van der Waals surface area contributed by atoms with E-state index in [0.29, 0.717) is 22.7 Å². The summed E-state index contributed by atoms with van der Waals surface area (Å²) >= 11 is 0. The fraction of sp³-hybridized carbons (Fsp3) is 0.0541. The van der Waals surface area contributed by atoms with Gasteiger partial charge in [-0.25, -0.2) is 21.6 Å². The number of benzene rings is 4. The molecule has 0 aliphatic heterocycles. The summed E-state index contributed by atoms with van der Waals surface area (Å²) in [6.07, 6.45) is 1.88. The molecule has 0 spiro atoms. The number of hydrogen-bond acceptors (Lipinski definition) is 15. The molecule has 2 aliphatic rings. The average molecular weight is 871 g/mol. The predicted octanol–water partition coefficient (Wildman–Crippen LogP) is -1.64. The molecular formula is C37H28N8Na2O11S2. The van der Waals surface area contributed by atoms with Crippen LogP contribution >= 0.6 is 0 Å². The standard InChI is InChI=1S/C37H30N8O11S2.2Na/c1-19(46)38-23-3-7-25(8-4-23)42-44-33-31(57(51,52)53)17-21-15-27(11-13-29(21)35(33)48)40-37(50)41-28-12-14-30-22(16-28)18-32(58(54,55)56)34(36(30)49)45-43-26-9-5-24(6-10-26)39-20(2)47;;/h3-18,42-43H,1-2H3,(H,38,46)(H,39,47)(H2,40,41,50)(H,51,52,53)(H,54,55,56);;/q;2*+1/p-2/b44-33-,45-34-;;. The number of carbonyl (C=O) groups excluding carboxylic acids is 5. The molecular weight excluding hydrogens is 843 g/mol. The van der Waals surface area contributed by atoms with Gasteiger partial charge in [-0.15, -0.1) is 0 Å². The van der Waals surface area contributed by atoms with E-state index in [1.807, 2.05) is 0 Å². The van der Waals surface area contributed by atoms with Gasteiger partial charge in [-0.3, -0.25) is 30.0 Å². The van der Waals surface area contributed by atoms with E-state index in [-0.39, 0.29) is 105 Å². The summed E-state index contributed by atoms with van der Waals surface area (Å²) in [5, 5.41) is 17.9. The van der Waals surface area contributed by atoms with Crippen molar-refractivity contribution in [3.05, 3.63) is 117 Å². The maximum atomic E-state index is 13.4. The largest absolute Gasteiger partial charge is 1.00 e. The molecule has 60 heavy (non-hydrogen) atoms. The number of hydrogen-bond donors (Lipinski definition) is 6. The van der Waals surface area contributed by atoms with Crippen molar-refractivity contribution in [3.8, 4) is 0 Å². The molecule has 2 aliphatic carbocycles. The Bertz CT molecular complexity index is 2600. The molecule has 0 heterocycles. The third kappa shape index (κ3) is 11.5. The molecule has 0 saturated carbocycles. The maximum Gasteiger partial charge on any atom is 1.00 e. The number of allylic oxidation sites excluding steroid dienone is 2. The number of ketones is 2. The van der Waals surface area contributed by atoms with E-state index in [9.17, 15) is 49.9 Å². The van der Waals surface area contributed by atoms with Crippen LogP contribution in [0.5, 0.6) is 0 Å². The SMILES string of the molecule is CC(=O)Nc1ccc(N/N=C2\C(=O)c3ccc(NC(=O)Nc4ccc5c(c4)C=C(S(=O)(=O)[O-])/C(=N/Nc4ccc(NC(C)=O)cc4)C5=O)cc3C=C2S(=O)(=O)[O-])cc1.[Na+].[Na+]. The second-order valence-electron chi connectivity index (χ2n) is 12.4. The van der Waals surface area contributed by atoms with Gasteiger partial charge >= 0.3 is 65.1 Å². The third-order valence-corrected chi connectivity index (χ3v) is 9.82. The molecule has 296 valence electrons. The van der Waals surface area contributed by atoms with Crippen LogP contribution in [0.3, 0.4) is 0 Å². The van der Waals surface area contributed by atoms with Crippen LogP contribution in [-0.4, -0.2) is 66.8 Å². The Hall–Kier alpha value is -5.33. The molecule has 0 aromatic heterocycles. The van der Waals surface area contributed by atoms with Gasteiger partial charge in [0.05, 0.1) is 21.2 Å². The summed E-state index contributed by atoms with van der Waals surface area (Å²) < 4.78 is 73.3. The zero-order valence-corrected chi connectivity index (χ0v) is 37.6. The van der Waals surface area contributed by atoms with Crippen molar-refractivity contribution in [1.82, 2.24) is 0 Å². The van der Waals surface area contributed by atoms with E-state index in [2.05, 4.69) is 42.3 Å². The minimum absolute atomic E-state index is 0. The zero-order chi connectivity index (χ0) is 41.9. The Labute approximate surface area is 386 Å². The molecule has 4 aromatic rings. The fourth-order valence-corrected chi connectivity index (χ4v) is 6.91. The summed E-state index contributed by atoms with van der Waals surface area (Å²) in [6, 6.07) is 18.9. The molecule has 23 heteroatoms. The van der Waals surface area contributed by atoms with Crippen LogP contribution < -0.4 is 91.2 Å². The molecule has 0 radical (unpaired) electrons. The summed E-state index contributed by atoms with van der Waals surface area (Å²) in [7, 11) is -10.5. The van der Waals surface area contributed by atoms with Gasteiger partial charge in [-0.05, 0) is 108 Å². The molecule has 19 nitrogen and oxygen atoms in total. The minimum Gasteiger partial charge on any atom is -0.744 e. The Morgan fingerprint density at radius 2 is 0.817 bits per heavy atom. The second kappa shape index (κ2) is 19.4. The topological polar surface area (TPSA) is 297 Å². The summed E-state index contributed by atoms with van der Waals surface area (Å²) in [6.45, 7) is 2.66. The molecule has 6 rings (SSSR count). The Balaban J connectivity index is 0.00000397. The maximum absolute atomic E-state index is 13.4. The molecule has 4 amide bonds. The number of nitrogens with one attached hydrogen (secondary N) is 6. The number of amides is 4. The monoisotopic (exact) mass is 870 g/mol. The van der Waals surface area contributed by atoms with E-state index < -0.39 is 59.1 Å². The Morgan fingerprint density at radius 3 is 1.13 bits per heavy atom. The van der Waals surface area contributed by atoms with Crippen LogP contribution in [0, 0.1) is 0 Å². The number of fused-ring (bicyclic) bond motifs is 2. The van der Waals surface area contributed by atoms with Crippen molar-refractivity contribution >= 4 is 107 Å². The van der Waals surface area contributed by atoms with E-state index in [0.717, 1.165) is 12.2 Å². The number of urea groups is 1. The van der Waals surface area contributed by atoms with Gasteiger partial charge in [-0.1, -0.05) is 0 Å². The van der Waals surface area contributed by atoms with Crippen molar-refractivity contribution in [2.75, 3.05) is 32.1 Å². The molecule has 0 unspecified atom stereocenters. The average Bonchev–Trinajstić information content (AvgIpc) is 3.13. The van der Waals surface area contributed by atoms with Crippen LogP contribution in [0.1, 0.15) is 45.7 Å². The van der Waals surface area contributed by atoms with Crippen LogP contribution in [0.4, 0.5) is 38.9 Å². The van der Waals surface area contributed by atoms with Crippen LogP contribution in [0.15, 0.2) is 105 Å². The van der Waals surface area contributed by atoms with E-state index in [4.69, 9.17) is 0 Å². The Morgan fingerprint density at radius 1 is 0.500 bits per heavy atom. The first-order valence-electron chi connectivity index (χ1n) is 16.6. The van der Waals surface area contributed by atoms with Crippen LogP contribution in [-0.2, 0) is 29.8 Å². The molecule has 6 N–H and O–H groups in total.